The number of nitrogens with one attached hydrogen (secondary N) is 2. The molecule has 1 atom stereocenters. The lowest BCUT2D eigenvalue weighted by atomic mass is 10.1. The van der Waals surface area contributed by atoms with Crippen molar-refractivity contribution in [2.45, 2.75) is 32.2 Å². The molecule has 1 fully saturated rings. The molecule has 20 heavy (non-hydrogen) atoms. The van der Waals surface area contributed by atoms with Gasteiger partial charge in [-0.25, -0.2) is 4.39 Å². The molecule has 5 nitrogen and oxygen atoms in total. The third-order valence-corrected chi connectivity index (χ3v) is 3.21. The molecule has 108 valence electrons. The van der Waals surface area contributed by atoms with Crippen molar-refractivity contribution in [3.63, 3.8) is 0 Å². The van der Waals surface area contributed by atoms with Gasteiger partial charge in [-0.05, 0) is 37.0 Å². The van der Waals surface area contributed by atoms with Crippen molar-refractivity contribution in [1.29, 1.82) is 0 Å². The molecule has 1 aliphatic carbocycles. The van der Waals surface area contributed by atoms with Crippen LogP contribution in [0.1, 0.15) is 26.2 Å². The first-order valence-electron chi connectivity index (χ1n) is 6.58. The number of hydrogen-bond acceptors (Lipinski definition) is 3. The fraction of sp³-hybridized carbons (Fsp3) is 0.429. The topological polar surface area (TPSA) is 84.2 Å². The van der Waals surface area contributed by atoms with Gasteiger partial charge < -0.3 is 16.4 Å². The molecule has 0 spiro atoms. The quantitative estimate of drug-likeness (QED) is 0.769. The summed E-state index contributed by atoms with van der Waals surface area (Å²) < 4.78 is 13.6. The molecule has 0 radical (unpaired) electrons. The van der Waals surface area contributed by atoms with Gasteiger partial charge in [0.05, 0.1) is 5.69 Å². The zero-order chi connectivity index (χ0) is 14.7. The normalized spacial score (nSPS) is 15.6. The third-order valence-electron chi connectivity index (χ3n) is 3.21. The Labute approximate surface area is 116 Å². The van der Waals surface area contributed by atoms with Crippen molar-refractivity contribution in [3.8, 4) is 0 Å². The predicted octanol–water partition coefficient (Wildman–Crippen LogP) is 1.85. The first-order valence-corrected chi connectivity index (χ1v) is 6.58. The molecule has 4 N–H and O–H groups in total. The number of benzene rings is 1. The second-order valence-corrected chi connectivity index (χ2v) is 5.13. The molecule has 1 unspecified atom stereocenters. The van der Waals surface area contributed by atoms with Crippen LogP contribution in [-0.4, -0.2) is 17.9 Å². The second kappa shape index (κ2) is 6.00. The van der Waals surface area contributed by atoms with E-state index in [1.54, 1.807) is 0 Å². The van der Waals surface area contributed by atoms with Crippen molar-refractivity contribution >= 4 is 23.2 Å². The van der Waals surface area contributed by atoms with Crippen molar-refractivity contribution in [3.05, 3.63) is 24.0 Å². The van der Waals surface area contributed by atoms with E-state index < -0.39 is 5.82 Å². The maximum Gasteiger partial charge on any atom is 0.226 e. The summed E-state index contributed by atoms with van der Waals surface area (Å²) in [6, 6.07) is 3.85. The Bertz CT molecular complexity index is 529. The second-order valence-electron chi connectivity index (χ2n) is 5.13. The lowest BCUT2D eigenvalue weighted by molar-refractivity contribution is -0.116. The van der Waals surface area contributed by atoms with Gasteiger partial charge in [0.15, 0.2) is 0 Å². The van der Waals surface area contributed by atoms with E-state index in [1.165, 1.54) is 25.1 Å². The van der Waals surface area contributed by atoms with Crippen LogP contribution in [0, 0.1) is 11.7 Å². The highest BCUT2D eigenvalue weighted by molar-refractivity contribution is 5.93. The van der Waals surface area contributed by atoms with Crippen molar-refractivity contribution in [2.75, 3.05) is 10.6 Å². The number of carbonyl (C=O) groups is 2. The standard InChI is InChI=1S/C14H18FN3O2/c1-8(19)17-10-4-5-11(15)13(6-10)18-14(20)7-12(16)9-2-3-9/h4-6,9,12H,2-3,7,16H2,1H3,(H,17,19)(H,18,20). The van der Waals surface area contributed by atoms with Crippen LogP contribution in [0.4, 0.5) is 15.8 Å². The van der Waals surface area contributed by atoms with E-state index in [4.69, 9.17) is 5.73 Å². The van der Waals surface area contributed by atoms with Crippen molar-refractivity contribution in [1.82, 2.24) is 0 Å². The van der Waals surface area contributed by atoms with E-state index in [1.807, 2.05) is 0 Å². The summed E-state index contributed by atoms with van der Waals surface area (Å²) >= 11 is 0. The van der Waals surface area contributed by atoms with Crippen molar-refractivity contribution < 1.29 is 14.0 Å². The molecular formula is C14H18FN3O2. The van der Waals surface area contributed by atoms with Gasteiger partial charge in [0.2, 0.25) is 11.8 Å². The average Bonchev–Trinajstić information content (AvgIpc) is 3.16. The SMILES string of the molecule is CC(=O)Nc1ccc(F)c(NC(=O)CC(N)C2CC2)c1. The number of anilines is 2. The minimum atomic E-state index is -0.549. The van der Waals surface area contributed by atoms with E-state index in [2.05, 4.69) is 10.6 Å². The Hall–Kier alpha value is -1.95. The molecule has 1 aromatic rings. The van der Waals surface area contributed by atoms with Crippen LogP contribution in [0.5, 0.6) is 0 Å². The molecule has 0 aromatic heterocycles. The Kier molecular flexibility index (Phi) is 4.34. The monoisotopic (exact) mass is 279 g/mol. The summed E-state index contributed by atoms with van der Waals surface area (Å²) in [7, 11) is 0. The minimum absolute atomic E-state index is 0.0456. The van der Waals surface area contributed by atoms with E-state index in [9.17, 15) is 14.0 Å². The third kappa shape index (κ3) is 4.03. The predicted molar refractivity (Wildman–Crippen MR) is 74.6 cm³/mol. The highest BCUT2D eigenvalue weighted by Crippen LogP contribution is 2.33. The summed E-state index contributed by atoms with van der Waals surface area (Å²) in [5.41, 5.74) is 6.33. The molecule has 0 saturated heterocycles. The average molecular weight is 279 g/mol. The van der Waals surface area contributed by atoms with Crippen LogP contribution < -0.4 is 16.4 Å². The Morgan fingerprint density at radius 3 is 2.70 bits per heavy atom. The maximum absolute atomic E-state index is 13.6. The van der Waals surface area contributed by atoms with Gasteiger partial charge in [0.25, 0.3) is 0 Å². The summed E-state index contributed by atoms with van der Waals surface area (Å²) in [6.45, 7) is 1.36. The fourth-order valence-corrected chi connectivity index (χ4v) is 2.01. The fourth-order valence-electron chi connectivity index (χ4n) is 2.01. The molecule has 1 aliphatic rings. The van der Waals surface area contributed by atoms with Crippen LogP contribution in [0.25, 0.3) is 0 Å². The van der Waals surface area contributed by atoms with E-state index >= 15 is 0 Å². The van der Waals surface area contributed by atoms with Crippen LogP contribution in [0.2, 0.25) is 0 Å². The number of carbonyl (C=O) groups excluding carboxylic acids is 2. The largest absolute Gasteiger partial charge is 0.327 e. The van der Waals surface area contributed by atoms with Gasteiger partial charge in [-0.1, -0.05) is 0 Å². The Morgan fingerprint density at radius 1 is 1.40 bits per heavy atom. The summed E-state index contributed by atoms with van der Waals surface area (Å²) in [5.74, 6) is -0.711. The van der Waals surface area contributed by atoms with E-state index in [0.29, 0.717) is 11.6 Å². The zero-order valence-electron chi connectivity index (χ0n) is 11.3. The molecule has 2 rings (SSSR count). The molecule has 1 saturated carbocycles. The highest BCUT2D eigenvalue weighted by atomic mass is 19.1. The summed E-state index contributed by atoms with van der Waals surface area (Å²) in [4.78, 5) is 22.7. The zero-order valence-corrected chi connectivity index (χ0v) is 11.3. The number of rotatable bonds is 5. The van der Waals surface area contributed by atoms with E-state index in [0.717, 1.165) is 12.8 Å². The van der Waals surface area contributed by atoms with Crippen LogP contribution in [-0.2, 0) is 9.59 Å². The van der Waals surface area contributed by atoms with E-state index in [-0.39, 0.29) is 30.0 Å². The van der Waals surface area contributed by atoms with Gasteiger partial charge in [0.1, 0.15) is 5.82 Å². The Morgan fingerprint density at radius 2 is 2.10 bits per heavy atom. The highest BCUT2D eigenvalue weighted by Gasteiger charge is 2.29. The lowest BCUT2D eigenvalue weighted by Gasteiger charge is -2.12. The van der Waals surface area contributed by atoms with Crippen LogP contribution in [0.3, 0.4) is 0 Å². The van der Waals surface area contributed by atoms with Gasteiger partial charge in [-0.15, -0.1) is 0 Å². The molecule has 0 aliphatic heterocycles. The summed E-state index contributed by atoms with van der Waals surface area (Å²) in [6.07, 6.45) is 2.29. The van der Waals surface area contributed by atoms with Crippen molar-refractivity contribution in [2.24, 2.45) is 11.7 Å². The van der Waals surface area contributed by atoms with Gasteiger partial charge >= 0.3 is 0 Å². The molecular weight excluding hydrogens is 261 g/mol. The van der Waals surface area contributed by atoms with Crippen LogP contribution in [0.15, 0.2) is 18.2 Å². The number of amides is 2. The molecule has 2 amide bonds. The lowest BCUT2D eigenvalue weighted by Crippen LogP contribution is -2.29. The van der Waals surface area contributed by atoms with Crippen LogP contribution >= 0.6 is 0 Å². The molecule has 6 heteroatoms. The van der Waals surface area contributed by atoms with Gasteiger partial charge in [0, 0.05) is 25.1 Å². The first-order chi connectivity index (χ1) is 9.45. The number of nitrogens with two attached hydrogens (primary N) is 1. The first kappa shape index (κ1) is 14.5. The molecule has 0 bridgehead atoms. The smallest absolute Gasteiger partial charge is 0.226 e. The minimum Gasteiger partial charge on any atom is -0.327 e. The van der Waals surface area contributed by atoms with Gasteiger partial charge in [-0.3, -0.25) is 9.59 Å². The number of hydrogen-bond donors (Lipinski definition) is 3. The Balaban J connectivity index is 1.99. The molecule has 0 heterocycles. The van der Waals surface area contributed by atoms with Gasteiger partial charge in [-0.2, -0.15) is 0 Å². The number of halogens is 1. The molecule has 1 aromatic carbocycles. The summed E-state index contributed by atoms with van der Waals surface area (Å²) in [5, 5.41) is 5.03. The maximum atomic E-state index is 13.6.